The van der Waals surface area contributed by atoms with E-state index in [1.54, 1.807) is 12.1 Å². The van der Waals surface area contributed by atoms with Gasteiger partial charge < -0.3 is 10.1 Å². The number of hydrogen-bond acceptors (Lipinski definition) is 4. The number of benzene rings is 3. The second kappa shape index (κ2) is 9.89. The van der Waals surface area contributed by atoms with Gasteiger partial charge in [-0.25, -0.2) is 4.39 Å². The summed E-state index contributed by atoms with van der Waals surface area (Å²) in [5, 5.41) is 3.25. The largest absolute Gasteiger partial charge is 0.484 e. The zero-order valence-electron chi connectivity index (χ0n) is 15.5. The first kappa shape index (κ1) is 19.9. The Balaban J connectivity index is 1.38. The van der Waals surface area contributed by atoms with E-state index in [-0.39, 0.29) is 18.8 Å². The second-order valence-corrected chi connectivity index (χ2v) is 6.20. The Bertz CT molecular complexity index is 945. The van der Waals surface area contributed by atoms with Gasteiger partial charge in [-0.15, -0.1) is 0 Å². The maximum atomic E-state index is 12.8. The smallest absolute Gasteiger partial charge is 0.276 e. The number of hydrogen-bond donors (Lipinski definition) is 3. The minimum Gasteiger partial charge on any atom is -0.484 e. The number of hydrazine groups is 1. The second-order valence-electron chi connectivity index (χ2n) is 6.20. The fraction of sp³-hybridized carbons (Fsp3) is 0.0909. The van der Waals surface area contributed by atoms with Gasteiger partial charge in [-0.2, -0.15) is 0 Å². The maximum Gasteiger partial charge on any atom is 0.276 e. The molecule has 6 nitrogen and oxygen atoms in total. The Morgan fingerprint density at radius 2 is 1.38 bits per heavy atom. The Hall–Kier alpha value is -3.87. The summed E-state index contributed by atoms with van der Waals surface area (Å²) in [7, 11) is 0. The Kier molecular flexibility index (Phi) is 6.78. The van der Waals surface area contributed by atoms with E-state index in [0.717, 1.165) is 11.4 Å². The van der Waals surface area contributed by atoms with E-state index in [4.69, 9.17) is 4.74 Å². The summed E-state index contributed by atoms with van der Waals surface area (Å²) in [6.45, 7) is -0.248. The van der Waals surface area contributed by atoms with Crippen molar-refractivity contribution in [3.8, 4) is 5.75 Å². The molecule has 3 aromatic rings. The molecule has 0 saturated heterocycles. The lowest BCUT2D eigenvalue weighted by Gasteiger charge is -2.10. The van der Waals surface area contributed by atoms with E-state index in [9.17, 15) is 14.0 Å². The SMILES string of the molecule is O=C(COc1ccc(Nc2ccccc2)cc1)NNC(=O)Cc1ccc(F)cc1. The first-order valence-corrected chi connectivity index (χ1v) is 8.95. The minimum atomic E-state index is -0.496. The number of amides is 2. The number of halogens is 1. The van der Waals surface area contributed by atoms with E-state index in [1.165, 1.54) is 24.3 Å². The van der Waals surface area contributed by atoms with E-state index in [1.807, 2.05) is 42.5 Å². The van der Waals surface area contributed by atoms with Crippen molar-refractivity contribution < 1.29 is 18.7 Å². The summed E-state index contributed by atoms with van der Waals surface area (Å²) in [4.78, 5) is 23.6. The Labute approximate surface area is 167 Å². The van der Waals surface area contributed by atoms with Crippen molar-refractivity contribution in [3.05, 3.63) is 90.2 Å². The molecule has 2 amide bonds. The molecule has 0 fully saturated rings. The normalized spacial score (nSPS) is 10.1. The van der Waals surface area contributed by atoms with Gasteiger partial charge >= 0.3 is 0 Å². The van der Waals surface area contributed by atoms with Crippen LogP contribution in [0.25, 0.3) is 0 Å². The number of anilines is 2. The van der Waals surface area contributed by atoms with Gasteiger partial charge in [-0.05, 0) is 54.1 Å². The van der Waals surface area contributed by atoms with E-state index in [2.05, 4.69) is 16.2 Å². The average Bonchev–Trinajstić information content (AvgIpc) is 2.74. The molecule has 0 saturated carbocycles. The Morgan fingerprint density at radius 1 is 0.759 bits per heavy atom. The van der Waals surface area contributed by atoms with Crippen molar-refractivity contribution in [1.29, 1.82) is 0 Å². The summed E-state index contributed by atoms with van der Waals surface area (Å²) >= 11 is 0. The highest BCUT2D eigenvalue weighted by molar-refractivity contribution is 5.83. The van der Waals surface area contributed by atoms with Gasteiger partial charge in [-0.3, -0.25) is 20.4 Å². The quantitative estimate of drug-likeness (QED) is 0.538. The van der Waals surface area contributed by atoms with Gasteiger partial charge in [0, 0.05) is 11.4 Å². The molecular formula is C22H20FN3O3. The van der Waals surface area contributed by atoms with Crippen LogP contribution >= 0.6 is 0 Å². The first-order valence-electron chi connectivity index (χ1n) is 8.95. The highest BCUT2D eigenvalue weighted by atomic mass is 19.1. The molecule has 0 unspecified atom stereocenters. The van der Waals surface area contributed by atoms with Gasteiger partial charge in [-0.1, -0.05) is 30.3 Å². The number of carbonyl (C=O) groups is 2. The number of rotatable bonds is 7. The standard InChI is InChI=1S/C22H20FN3O3/c23-17-8-6-16(7-9-17)14-21(27)25-26-22(28)15-29-20-12-10-19(11-13-20)24-18-4-2-1-3-5-18/h1-13,24H,14-15H2,(H,25,27)(H,26,28). The molecule has 3 rings (SSSR count). The third-order valence-corrected chi connectivity index (χ3v) is 3.91. The number of nitrogens with one attached hydrogen (secondary N) is 3. The van der Waals surface area contributed by atoms with Crippen molar-refractivity contribution in [1.82, 2.24) is 10.9 Å². The molecule has 0 bridgehead atoms. The maximum absolute atomic E-state index is 12.8. The third-order valence-electron chi connectivity index (χ3n) is 3.91. The topological polar surface area (TPSA) is 79.5 Å². The van der Waals surface area contributed by atoms with Crippen LogP contribution in [0.3, 0.4) is 0 Å². The van der Waals surface area contributed by atoms with Crippen molar-refractivity contribution in [2.24, 2.45) is 0 Å². The molecule has 0 atom stereocenters. The predicted molar refractivity (Wildman–Crippen MR) is 108 cm³/mol. The van der Waals surface area contributed by atoms with Crippen LogP contribution in [0, 0.1) is 5.82 Å². The summed E-state index contributed by atoms with van der Waals surface area (Å²) in [6.07, 6.45) is 0.0251. The monoisotopic (exact) mass is 393 g/mol. The van der Waals surface area contributed by atoms with Crippen molar-refractivity contribution >= 4 is 23.2 Å². The fourth-order valence-electron chi connectivity index (χ4n) is 2.48. The van der Waals surface area contributed by atoms with Gasteiger partial charge in [0.05, 0.1) is 6.42 Å². The van der Waals surface area contributed by atoms with E-state index >= 15 is 0 Å². The minimum absolute atomic E-state index is 0.0251. The average molecular weight is 393 g/mol. The lowest BCUT2D eigenvalue weighted by Crippen LogP contribution is -2.44. The fourth-order valence-corrected chi connectivity index (χ4v) is 2.48. The van der Waals surface area contributed by atoms with Crippen LogP contribution in [0.4, 0.5) is 15.8 Å². The van der Waals surface area contributed by atoms with Gasteiger partial charge in [0.1, 0.15) is 11.6 Å². The van der Waals surface area contributed by atoms with Crippen LogP contribution in [0.1, 0.15) is 5.56 Å². The molecule has 0 aliphatic rings. The van der Waals surface area contributed by atoms with Crippen molar-refractivity contribution in [3.63, 3.8) is 0 Å². The third kappa shape index (κ3) is 6.66. The zero-order valence-corrected chi connectivity index (χ0v) is 15.5. The molecule has 0 heterocycles. The van der Waals surface area contributed by atoms with Gasteiger partial charge in [0.25, 0.3) is 5.91 Å². The highest BCUT2D eigenvalue weighted by Gasteiger charge is 2.07. The molecular weight excluding hydrogens is 373 g/mol. The molecule has 0 aliphatic carbocycles. The number of ether oxygens (including phenoxy) is 1. The number of para-hydroxylation sites is 1. The highest BCUT2D eigenvalue weighted by Crippen LogP contribution is 2.19. The first-order chi connectivity index (χ1) is 14.1. The predicted octanol–water partition coefficient (Wildman–Crippen LogP) is 3.34. The molecule has 3 N–H and O–H groups in total. The molecule has 0 spiro atoms. The van der Waals surface area contributed by atoms with Gasteiger partial charge in [0.2, 0.25) is 5.91 Å². The number of carbonyl (C=O) groups excluding carboxylic acids is 2. The summed E-state index contributed by atoms with van der Waals surface area (Å²) in [5.74, 6) is -0.759. The van der Waals surface area contributed by atoms with Crippen LogP contribution in [-0.2, 0) is 16.0 Å². The summed E-state index contributed by atoms with van der Waals surface area (Å²) < 4.78 is 18.3. The van der Waals surface area contributed by atoms with Crippen molar-refractivity contribution in [2.75, 3.05) is 11.9 Å². The van der Waals surface area contributed by atoms with Crippen LogP contribution in [0.5, 0.6) is 5.75 Å². The molecule has 0 aromatic heterocycles. The zero-order chi connectivity index (χ0) is 20.5. The van der Waals surface area contributed by atoms with Crippen LogP contribution < -0.4 is 20.9 Å². The molecule has 0 radical (unpaired) electrons. The molecule has 3 aromatic carbocycles. The summed E-state index contributed by atoms with van der Waals surface area (Å²) in [6, 6.07) is 22.5. The van der Waals surface area contributed by atoms with Crippen LogP contribution in [-0.4, -0.2) is 18.4 Å². The molecule has 0 aliphatic heterocycles. The van der Waals surface area contributed by atoms with Crippen LogP contribution in [0.15, 0.2) is 78.9 Å². The lowest BCUT2D eigenvalue weighted by atomic mass is 10.1. The van der Waals surface area contributed by atoms with E-state index < -0.39 is 11.8 Å². The summed E-state index contributed by atoms with van der Waals surface area (Å²) in [5.41, 5.74) is 7.07. The van der Waals surface area contributed by atoms with Crippen molar-refractivity contribution in [2.45, 2.75) is 6.42 Å². The molecule has 148 valence electrons. The lowest BCUT2D eigenvalue weighted by molar-refractivity contribution is -0.129. The van der Waals surface area contributed by atoms with Crippen LogP contribution in [0.2, 0.25) is 0 Å². The Morgan fingerprint density at radius 3 is 2.07 bits per heavy atom. The van der Waals surface area contributed by atoms with Gasteiger partial charge in [0.15, 0.2) is 6.61 Å². The van der Waals surface area contributed by atoms with E-state index in [0.29, 0.717) is 11.3 Å². The molecule has 7 heteroatoms. The molecule has 29 heavy (non-hydrogen) atoms.